The van der Waals surface area contributed by atoms with Gasteiger partial charge in [-0.1, -0.05) is 31.9 Å². The lowest BCUT2D eigenvalue weighted by Gasteiger charge is -2.15. The van der Waals surface area contributed by atoms with Crippen LogP contribution in [-0.4, -0.2) is 43.5 Å². The first kappa shape index (κ1) is 18.8. The van der Waals surface area contributed by atoms with Crippen LogP contribution in [0.4, 0.5) is 5.69 Å². The van der Waals surface area contributed by atoms with Gasteiger partial charge in [-0.3, -0.25) is 9.11 Å². The second-order valence-corrected chi connectivity index (χ2v) is 9.07. The predicted molar refractivity (Wildman–Crippen MR) is 85.2 cm³/mol. The SMILES string of the molecule is O=S(=O)(O)CC(CNNc1cc(Br)cc(Br)c1)S(=O)(=O)O. The molecule has 0 radical (unpaired) electrons. The topological polar surface area (TPSA) is 133 Å². The Balaban J connectivity index is 2.70. The molecule has 4 N–H and O–H groups in total. The number of hydrazine groups is 1. The van der Waals surface area contributed by atoms with Gasteiger partial charge < -0.3 is 5.43 Å². The molecule has 8 nitrogen and oxygen atoms in total. The highest BCUT2D eigenvalue weighted by molar-refractivity contribution is 9.11. The molecule has 12 heteroatoms. The standard InChI is InChI=1S/C9H12Br2N2O6S2/c10-6-1-7(11)3-8(2-6)13-12-4-9(21(17,18)19)5-20(14,15)16/h1-3,9,12-13H,4-5H2,(H,14,15,16)(H,17,18,19). The minimum atomic E-state index is -4.63. The van der Waals surface area contributed by atoms with Crippen LogP contribution >= 0.6 is 31.9 Å². The van der Waals surface area contributed by atoms with Gasteiger partial charge in [-0.2, -0.15) is 16.8 Å². The molecule has 0 saturated carbocycles. The smallest absolute Gasteiger partial charge is 0.270 e. The average molecular weight is 468 g/mol. The number of nitrogens with one attached hydrogen (secondary N) is 2. The second-order valence-electron chi connectivity index (χ2n) is 4.05. The number of halogens is 2. The number of hydrogen-bond donors (Lipinski definition) is 4. The van der Waals surface area contributed by atoms with Crippen molar-refractivity contribution in [3.05, 3.63) is 27.1 Å². The van der Waals surface area contributed by atoms with Gasteiger partial charge in [-0.05, 0) is 18.2 Å². The van der Waals surface area contributed by atoms with Crippen molar-refractivity contribution in [3.8, 4) is 0 Å². The number of hydrogen-bond acceptors (Lipinski definition) is 6. The summed E-state index contributed by atoms with van der Waals surface area (Å²) in [5, 5.41) is -1.70. The minimum absolute atomic E-state index is 0.428. The lowest BCUT2D eigenvalue weighted by Crippen LogP contribution is -2.40. The number of rotatable bonds is 7. The van der Waals surface area contributed by atoms with Crippen LogP contribution in [0, 0.1) is 0 Å². The van der Waals surface area contributed by atoms with Gasteiger partial charge in [0, 0.05) is 15.5 Å². The van der Waals surface area contributed by atoms with Crippen molar-refractivity contribution in [2.75, 3.05) is 17.7 Å². The fourth-order valence-electron chi connectivity index (χ4n) is 1.38. The van der Waals surface area contributed by atoms with Crippen LogP contribution in [0.15, 0.2) is 27.1 Å². The third-order valence-electron chi connectivity index (χ3n) is 2.24. The Bertz CT molecular complexity index is 687. The normalized spacial score (nSPS) is 13.9. The van der Waals surface area contributed by atoms with Gasteiger partial charge in [0.1, 0.15) is 5.25 Å². The molecule has 0 aromatic heterocycles. The molecule has 0 bridgehead atoms. The molecule has 0 saturated heterocycles. The summed E-state index contributed by atoms with van der Waals surface area (Å²) in [7, 11) is -9.17. The van der Waals surface area contributed by atoms with Crippen molar-refractivity contribution in [2.45, 2.75) is 5.25 Å². The summed E-state index contributed by atoms with van der Waals surface area (Å²) in [4.78, 5) is 0. The zero-order valence-electron chi connectivity index (χ0n) is 10.3. The summed E-state index contributed by atoms with van der Waals surface area (Å²) >= 11 is 6.52. The van der Waals surface area contributed by atoms with E-state index in [4.69, 9.17) is 9.11 Å². The molecule has 1 aromatic carbocycles. The van der Waals surface area contributed by atoms with E-state index in [1.54, 1.807) is 18.2 Å². The fourth-order valence-corrected chi connectivity index (χ4v) is 4.76. The van der Waals surface area contributed by atoms with Crippen molar-refractivity contribution >= 4 is 57.8 Å². The predicted octanol–water partition coefficient (Wildman–Crippen LogP) is 1.27. The minimum Gasteiger partial charge on any atom is -0.321 e. The largest absolute Gasteiger partial charge is 0.321 e. The lowest BCUT2D eigenvalue weighted by molar-refractivity contribution is 0.454. The maximum atomic E-state index is 11.1. The second kappa shape index (κ2) is 7.35. The van der Waals surface area contributed by atoms with Crippen LogP contribution in [0.25, 0.3) is 0 Å². The highest BCUT2D eigenvalue weighted by Crippen LogP contribution is 2.22. The third-order valence-corrected chi connectivity index (χ3v) is 5.37. The van der Waals surface area contributed by atoms with Gasteiger partial charge in [-0.15, -0.1) is 0 Å². The highest BCUT2D eigenvalue weighted by atomic mass is 79.9. The molecule has 0 spiro atoms. The van der Waals surface area contributed by atoms with Crippen molar-refractivity contribution in [3.63, 3.8) is 0 Å². The molecule has 0 aliphatic carbocycles. The van der Waals surface area contributed by atoms with E-state index in [0.29, 0.717) is 5.69 Å². The molecule has 0 fully saturated rings. The molecule has 0 aliphatic heterocycles. The quantitative estimate of drug-likeness (QED) is 0.348. The number of anilines is 1. The van der Waals surface area contributed by atoms with Crippen molar-refractivity contribution in [2.24, 2.45) is 0 Å². The Kier molecular flexibility index (Phi) is 6.58. The molecule has 1 aromatic rings. The van der Waals surface area contributed by atoms with E-state index >= 15 is 0 Å². The molecule has 120 valence electrons. The van der Waals surface area contributed by atoms with E-state index in [2.05, 4.69) is 42.7 Å². The van der Waals surface area contributed by atoms with E-state index in [9.17, 15) is 16.8 Å². The van der Waals surface area contributed by atoms with Crippen LogP contribution in [0.5, 0.6) is 0 Å². The van der Waals surface area contributed by atoms with Gasteiger partial charge in [0.15, 0.2) is 0 Å². The first-order valence-corrected chi connectivity index (χ1v) is 10.0. The van der Waals surface area contributed by atoms with E-state index in [0.717, 1.165) is 8.95 Å². The molecule has 0 aliphatic rings. The van der Waals surface area contributed by atoms with Crippen LogP contribution in [-0.2, 0) is 20.2 Å². The molecule has 1 unspecified atom stereocenters. The zero-order valence-corrected chi connectivity index (χ0v) is 15.1. The third kappa shape index (κ3) is 7.54. The number of benzene rings is 1. The van der Waals surface area contributed by atoms with E-state index < -0.39 is 37.8 Å². The van der Waals surface area contributed by atoms with Gasteiger partial charge in [0.2, 0.25) is 0 Å². The molecular formula is C9H12Br2N2O6S2. The Morgan fingerprint density at radius 2 is 1.57 bits per heavy atom. The zero-order chi connectivity index (χ0) is 16.3. The van der Waals surface area contributed by atoms with Crippen LogP contribution in [0.1, 0.15) is 0 Å². The van der Waals surface area contributed by atoms with E-state index in [1.165, 1.54) is 0 Å². The lowest BCUT2D eigenvalue weighted by atomic mass is 10.3. The highest BCUT2D eigenvalue weighted by Gasteiger charge is 2.28. The molecule has 1 rings (SSSR count). The summed E-state index contributed by atoms with van der Waals surface area (Å²) in [5.74, 6) is -1.11. The van der Waals surface area contributed by atoms with Crippen molar-refractivity contribution in [1.82, 2.24) is 5.43 Å². The van der Waals surface area contributed by atoms with Gasteiger partial charge in [-0.25, -0.2) is 5.43 Å². The summed E-state index contributed by atoms with van der Waals surface area (Å²) < 4.78 is 62.7. The maximum absolute atomic E-state index is 11.1. The van der Waals surface area contributed by atoms with Crippen LogP contribution in [0.2, 0.25) is 0 Å². The Morgan fingerprint density at radius 1 is 1.05 bits per heavy atom. The monoisotopic (exact) mass is 466 g/mol. The molecule has 1 atom stereocenters. The summed E-state index contributed by atoms with van der Waals surface area (Å²) in [5.41, 5.74) is 5.70. The average Bonchev–Trinajstić information content (AvgIpc) is 2.23. The Morgan fingerprint density at radius 3 is 2.00 bits per heavy atom. The van der Waals surface area contributed by atoms with Gasteiger partial charge in [0.05, 0.1) is 11.4 Å². The molecule has 0 heterocycles. The van der Waals surface area contributed by atoms with Crippen LogP contribution in [0.3, 0.4) is 0 Å². The molecule has 0 amide bonds. The van der Waals surface area contributed by atoms with Crippen LogP contribution < -0.4 is 10.9 Å². The first-order chi connectivity index (χ1) is 9.47. The Hall–Kier alpha value is -0.240. The summed E-state index contributed by atoms with van der Waals surface area (Å²) in [6.45, 7) is -0.428. The molecule has 21 heavy (non-hydrogen) atoms. The molecular weight excluding hydrogens is 456 g/mol. The van der Waals surface area contributed by atoms with Gasteiger partial charge >= 0.3 is 0 Å². The van der Waals surface area contributed by atoms with E-state index in [1.807, 2.05) is 0 Å². The van der Waals surface area contributed by atoms with Gasteiger partial charge in [0.25, 0.3) is 20.2 Å². The first-order valence-electron chi connectivity index (χ1n) is 5.34. The van der Waals surface area contributed by atoms with E-state index in [-0.39, 0.29) is 0 Å². The van der Waals surface area contributed by atoms with Crippen molar-refractivity contribution in [1.29, 1.82) is 0 Å². The van der Waals surface area contributed by atoms with Crippen molar-refractivity contribution < 1.29 is 25.9 Å². The summed E-state index contributed by atoms with van der Waals surface area (Å²) in [6, 6.07) is 5.15. The maximum Gasteiger partial charge on any atom is 0.270 e. The fraction of sp³-hybridized carbons (Fsp3) is 0.333. The summed E-state index contributed by atoms with van der Waals surface area (Å²) in [6.07, 6.45) is 0. The Labute approximate surface area is 139 Å².